The summed E-state index contributed by atoms with van der Waals surface area (Å²) in [4.78, 5) is 0. The summed E-state index contributed by atoms with van der Waals surface area (Å²) in [5, 5.41) is 0.0891. The second kappa shape index (κ2) is 4.86. The van der Waals surface area contributed by atoms with Gasteiger partial charge in [-0.3, -0.25) is 0 Å². The zero-order valence-corrected chi connectivity index (χ0v) is 8.86. The molecular formula is C10H11ClF3N. The number of alkyl halides is 2. The molecule has 1 rings (SSSR count). The molecule has 0 aliphatic heterocycles. The van der Waals surface area contributed by atoms with Gasteiger partial charge in [0.05, 0.1) is 0 Å². The van der Waals surface area contributed by atoms with Crippen LogP contribution in [0.1, 0.15) is 23.6 Å². The average Bonchev–Trinajstić information content (AvgIpc) is 2.11. The highest BCUT2D eigenvalue weighted by Crippen LogP contribution is 2.29. The van der Waals surface area contributed by atoms with Crippen LogP contribution in [-0.4, -0.2) is 6.43 Å². The molecule has 0 aromatic heterocycles. The highest BCUT2D eigenvalue weighted by Gasteiger charge is 2.20. The Morgan fingerprint density at radius 1 is 1.40 bits per heavy atom. The topological polar surface area (TPSA) is 26.0 Å². The van der Waals surface area contributed by atoms with Crippen molar-refractivity contribution in [2.45, 2.75) is 25.8 Å². The molecule has 1 aromatic carbocycles. The molecule has 5 heteroatoms. The maximum absolute atomic E-state index is 13.6. The van der Waals surface area contributed by atoms with Gasteiger partial charge < -0.3 is 5.73 Å². The van der Waals surface area contributed by atoms with E-state index < -0.39 is 24.7 Å². The second-order valence-electron chi connectivity index (χ2n) is 3.33. The average molecular weight is 238 g/mol. The molecule has 0 saturated carbocycles. The fourth-order valence-corrected chi connectivity index (χ4v) is 1.61. The lowest BCUT2D eigenvalue weighted by molar-refractivity contribution is 0.128. The van der Waals surface area contributed by atoms with Crippen molar-refractivity contribution < 1.29 is 13.2 Å². The smallest absolute Gasteiger partial charge is 0.240 e. The van der Waals surface area contributed by atoms with E-state index in [4.69, 9.17) is 17.3 Å². The number of hydrogen-bond donors (Lipinski definition) is 1. The third-order valence-electron chi connectivity index (χ3n) is 2.12. The zero-order valence-electron chi connectivity index (χ0n) is 8.11. The van der Waals surface area contributed by atoms with Gasteiger partial charge >= 0.3 is 0 Å². The van der Waals surface area contributed by atoms with E-state index in [2.05, 4.69) is 0 Å². The van der Waals surface area contributed by atoms with E-state index in [0.717, 1.165) is 0 Å². The summed E-state index contributed by atoms with van der Waals surface area (Å²) in [6.45, 7) is 1.53. The first kappa shape index (κ1) is 12.3. The molecule has 0 spiro atoms. The lowest BCUT2D eigenvalue weighted by atomic mass is 10.0. The molecule has 0 aliphatic carbocycles. The van der Waals surface area contributed by atoms with Crippen LogP contribution in [0.2, 0.25) is 5.02 Å². The lowest BCUT2D eigenvalue weighted by Gasteiger charge is -2.15. The Bertz CT molecular complexity index is 355. The molecule has 0 fully saturated rings. The molecule has 0 unspecified atom stereocenters. The normalized spacial score (nSPS) is 13.3. The Morgan fingerprint density at radius 2 is 2.00 bits per heavy atom. The van der Waals surface area contributed by atoms with Crippen LogP contribution in [-0.2, 0) is 0 Å². The minimum Gasteiger partial charge on any atom is -0.324 e. The van der Waals surface area contributed by atoms with Gasteiger partial charge in [0.1, 0.15) is 5.82 Å². The van der Waals surface area contributed by atoms with E-state index in [9.17, 15) is 13.2 Å². The fourth-order valence-electron chi connectivity index (χ4n) is 1.33. The maximum atomic E-state index is 13.6. The van der Waals surface area contributed by atoms with Crippen molar-refractivity contribution in [2.75, 3.05) is 0 Å². The molecule has 15 heavy (non-hydrogen) atoms. The summed E-state index contributed by atoms with van der Waals surface area (Å²) in [7, 11) is 0. The predicted molar refractivity (Wildman–Crippen MR) is 53.7 cm³/mol. The number of hydrogen-bond acceptors (Lipinski definition) is 1. The van der Waals surface area contributed by atoms with Crippen molar-refractivity contribution in [1.82, 2.24) is 0 Å². The van der Waals surface area contributed by atoms with Crippen LogP contribution in [0.3, 0.4) is 0 Å². The Labute approximate surface area is 91.0 Å². The van der Waals surface area contributed by atoms with Crippen LogP contribution >= 0.6 is 11.6 Å². The van der Waals surface area contributed by atoms with Gasteiger partial charge in [0.25, 0.3) is 0 Å². The highest BCUT2D eigenvalue weighted by molar-refractivity contribution is 6.31. The van der Waals surface area contributed by atoms with E-state index >= 15 is 0 Å². The minimum atomic E-state index is -2.57. The van der Waals surface area contributed by atoms with E-state index in [1.807, 2.05) is 0 Å². The van der Waals surface area contributed by atoms with Crippen molar-refractivity contribution in [3.63, 3.8) is 0 Å². The van der Waals surface area contributed by atoms with Gasteiger partial charge in [-0.1, -0.05) is 17.7 Å². The predicted octanol–water partition coefficient (Wildman–Crippen LogP) is 3.44. The van der Waals surface area contributed by atoms with Gasteiger partial charge in [-0.15, -0.1) is 0 Å². The maximum Gasteiger partial charge on any atom is 0.240 e. The first-order valence-electron chi connectivity index (χ1n) is 4.41. The lowest BCUT2D eigenvalue weighted by Crippen LogP contribution is -2.16. The summed E-state index contributed by atoms with van der Waals surface area (Å²) in [6.07, 6.45) is -3.17. The SMILES string of the molecule is Cc1ccc(Cl)c([C@H](N)CC(F)F)c1F. The van der Waals surface area contributed by atoms with Crippen LogP contribution in [0.4, 0.5) is 13.2 Å². The molecule has 0 bridgehead atoms. The van der Waals surface area contributed by atoms with E-state index in [1.165, 1.54) is 19.1 Å². The molecule has 1 aromatic rings. The van der Waals surface area contributed by atoms with E-state index in [-0.39, 0.29) is 10.6 Å². The van der Waals surface area contributed by atoms with Crippen LogP contribution < -0.4 is 5.73 Å². The second-order valence-corrected chi connectivity index (χ2v) is 3.73. The summed E-state index contributed by atoms with van der Waals surface area (Å²) >= 11 is 5.71. The number of nitrogens with two attached hydrogens (primary N) is 1. The molecule has 1 atom stereocenters. The molecule has 2 N–H and O–H groups in total. The monoisotopic (exact) mass is 237 g/mol. The summed E-state index contributed by atoms with van der Waals surface area (Å²) < 4.78 is 37.7. The minimum absolute atomic E-state index is 0.0306. The molecule has 0 amide bonds. The van der Waals surface area contributed by atoms with Crippen molar-refractivity contribution in [1.29, 1.82) is 0 Å². The quantitative estimate of drug-likeness (QED) is 0.856. The number of halogens is 4. The molecule has 0 heterocycles. The fraction of sp³-hybridized carbons (Fsp3) is 0.400. The number of rotatable bonds is 3. The number of aryl methyl sites for hydroxylation is 1. The number of benzene rings is 1. The van der Waals surface area contributed by atoms with Crippen LogP contribution in [0.15, 0.2) is 12.1 Å². The van der Waals surface area contributed by atoms with Crippen LogP contribution in [0.5, 0.6) is 0 Å². The molecule has 0 radical (unpaired) electrons. The van der Waals surface area contributed by atoms with Gasteiger partial charge in [0, 0.05) is 23.0 Å². The van der Waals surface area contributed by atoms with Crippen LogP contribution in [0, 0.1) is 12.7 Å². The van der Waals surface area contributed by atoms with Gasteiger partial charge in [0.2, 0.25) is 6.43 Å². The largest absolute Gasteiger partial charge is 0.324 e. The Hall–Kier alpha value is -0.740. The Balaban J connectivity index is 3.07. The van der Waals surface area contributed by atoms with Gasteiger partial charge in [-0.25, -0.2) is 13.2 Å². The van der Waals surface area contributed by atoms with E-state index in [1.54, 1.807) is 0 Å². The molecular weight excluding hydrogens is 227 g/mol. The van der Waals surface area contributed by atoms with Crippen molar-refractivity contribution >= 4 is 11.6 Å². The summed E-state index contributed by atoms with van der Waals surface area (Å²) in [5.41, 5.74) is 5.78. The zero-order chi connectivity index (χ0) is 11.6. The molecule has 0 saturated heterocycles. The summed E-state index contributed by atoms with van der Waals surface area (Å²) in [6, 6.07) is 1.87. The van der Waals surface area contributed by atoms with Crippen molar-refractivity contribution in [3.8, 4) is 0 Å². The Kier molecular flexibility index (Phi) is 3.99. The van der Waals surface area contributed by atoms with Crippen LogP contribution in [0.25, 0.3) is 0 Å². The third-order valence-corrected chi connectivity index (χ3v) is 2.45. The molecule has 0 aliphatic rings. The standard InChI is InChI=1S/C10H11ClF3N/c1-5-2-3-6(11)9(10(5)14)7(15)4-8(12)13/h2-3,7-8H,4,15H2,1H3/t7-/m1/s1. The van der Waals surface area contributed by atoms with Crippen molar-refractivity contribution in [3.05, 3.63) is 34.1 Å². The van der Waals surface area contributed by atoms with Gasteiger partial charge in [0.15, 0.2) is 0 Å². The molecule has 84 valence electrons. The third kappa shape index (κ3) is 2.86. The van der Waals surface area contributed by atoms with Gasteiger partial charge in [-0.2, -0.15) is 0 Å². The first-order valence-corrected chi connectivity index (χ1v) is 4.79. The van der Waals surface area contributed by atoms with Crippen molar-refractivity contribution in [2.24, 2.45) is 5.73 Å². The highest BCUT2D eigenvalue weighted by atomic mass is 35.5. The summed E-state index contributed by atoms with van der Waals surface area (Å²) in [5.74, 6) is -0.601. The first-order chi connectivity index (χ1) is 6.93. The molecule has 1 nitrogen and oxygen atoms in total. The van der Waals surface area contributed by atoms with Gasteiger partial charge in [-0.05, 0) is 18.6 Å². The Morgan fingerprint density at radius 3 is 2.53 bits per heavy atom. The van der Waals surface area contributed by atoms with E-state index in [0.29, 0.717) is 5.56 Å².